The average Bonchev–Trinajstić information content (AvgIpc) is 2.57. The molecule has 0 spiro atoms. The van der Waals surface area contributed by atoms with Crippen molar-refractivity contribution in [3.8, 4) is 17.2 Å². The molecular formula is C19H25F2NO6. The van der Waals surface area contributed by atoms with Crippen molar-refractivity contribution in [1.82, 2.24) is 0 Å². The van der Waals surface area contributed by atoms with Gasteiger partial charge in [-0.1, -0.05) is 19.8 Å². The number of unbranched alkanes of at least 4 members (excludes halogenated alkanes) is 2. The Balaban J connectivity index is 3.36. The van der Waals surface area contributed by atoms with Crippen molar-refractivity contribution >= 4 is 23.5 Å². The van der Waals surface area contributed by atoms with Gasteiger partial charge in [0.25, 0.3) is 6.43 Å². The number of benzene rings is 1. The largest absolute Gasteiger partial charge is 0.480 e. The molecule has 1 amide bonds. The fourth-order valence-electron chi connectivity index (χ4n) is 2.41. The molecule has 0 saturated carbocycles. The Morgan fingerprint density at radius 1 is 1.00 bits per heavy atom. The fourth-order valence-corrected chi connectivity index (χ4v) is 2.41. The van der Waals surface area contributed by atoms with Gasteiger partial charge in [0.15, 0.2) is 23.4 Å². The van der Waals surface area contributed by atoms with Crippen LogP contribution in [0.15, 0.2) is 12.1 Å². The Kier molecular flexibility index (Phi) is 9.34. The van der Waals surface area contributed by atoms with Crippen LogP contribution in [-0.2, 0) is 14.4 Å². The van der Waals surface area contributed by atoms with Crippen LogP contribution >= 0.6 is 0 Å². The molecule has 0 aliphatic rings. The van der Waals surface area contributed by atoms with E-state index in [0.29, 0.717) is 6.42 Å². The molecule has 1 rings (SSSR count). The molecule has 156 valence electrons. The zero-order chi connectivity index (χ0) is 21.3. The van der Waals surface area contributed by atoms with E-state index < -0.39 is 30.4 Å². The maximum Gasteiger partial charge on any atom is 0.308 e. The molecule has 9 heteroatoms. The van der Waals surface area contributed by atoms with Crippen molar-refractivity contribution in [1.29, 1.82) is 0 Å². The van der Waals surface area contributed by atoms with Crippen LogP contribution in [0.4, 0.5) is 14.5 Å². The van der Waals surface area contributed by atoms with Crippen LogP contribution in [0.2, 0.25) is 0 Å². The summed E-state index contributed by atoms with van der Waals surface area (Å²) < 4.78 is 42.3. The van der Waals surface area contributed by atoms with Gasteiger partial charge in [-0.2, -0.15) is 0 Å². The maximum absolute atomic E-state index is 13.4. The Morgan fingerprint density at radius 2 is 1.61 bits per heavy atom. The molecule has 0 radical (unpaired) electrons. The van der Waals surface area contributed by atoms with E-state index in [1.54, 1.807) is 0 Å². The molecule has 28 heavy (non-hydrogen) atoms. The van der Waals surface area contributed by atoms with Gasteiger partial charge >= 0.3 is 11.9 Å². The number of rotatable bonds is 10. The first-order chi connectivity index (χ1) is 13.1. The molecule has 1 N–H and O–H groups in total. The summed E-state index contributed by atoms with van der Waals surface area (Å²) in [4.78, 5) is 34.4. The molecular weight excluding hydrogens is 376 g/mol. The molecule has 1 aromatic rings. The second-order valence-corrected chi connectivity index (χ2v) is 6.12. The lowest BCUT2D eigenvalue weighted by Gasteiger charge is -2.22. The minimum absolute atomic E-state index is 0.103. The number of carbonyl (C=O) groups is 3. The number of hydrogen-bond donors (Lipinski definition) is 1. The van der Waals surface area contributed by atoms with Crippen LogP contribution in [0, 0.1) is 0 Å². The summed E-state index contributed by atoms with van der Waals surface area (Å²) in [5.41, 5.74) is -0.156. The lowest BCUT2D eigenvalue weighted by Crippen LogP contribution is -2.26. The van der Waals surface area contributed by atoms with Gasteiger partial charge in [-0.05, 0) is 25.0 Å². The first kappa shape index (κ1) is 23.3. The normalized spacial score (nSPS) is 11.7. The van der Waals surface area contributed by atoms with Crippen molar-refractivity contribution in [2.45, 2.75) is 65.9 Å². The number of halogens is 2. The molecule has 7 nitrogen and oxygen atoms in total. The second-order valence-electron chi connectivity index (χ2n) is 6.12. The Bertz CT molecular complexity index is 708. The van der Waals surface area contributed by atoms with Gasteiger partial charge in [0, 0.05) is 20.8 Å². The molecule has 0 aromatic heterocycles. The number of anilines is 1. The molecule has 0 saturated heterocycles. The number of hydrogen-bond acceptors (Lipinski definition) is 6. The SMILES string of the molecule is CCCCCC(Oc1ccc(OC(C)=O)c(NC(C)=O)c1OC(C)=O)C(F)F. The number of amides is 1. The zero-order valence-electron chi connectivity index (χ0n) is 16.3. The predicted molar refractivity (Wildman–Crippen MR) is 97.9 cm³/mol. The second kappa shape index (κ2) is 11.2. The topological polar surface area (TPSA) is 90.9 Å². The Hall–Kier alpha value is -2.71. The van der Waals surface area contributed by atoms with E-state index in [0.717, 1.165) is 26.7 Å². The third kappa shape index (κ3) is 7.50. The molecule has 0 aliphatic heterocycles. The van der Waals surface area contributed by atoms with Gasteiger partial charge in [-0.15, -0.1) is 0 Å². The molecule has 1 aromatic carbocycles. The molecule has 1 atom stereocenters. The molecule has 0 aliphatic carbocycles. The summed E-state index contributed by atoms with van der Waals surface area (Å²) in [6, 6.07) is 2.51. The quantitative estimate of drug-likeness (QED) is 0.361. The van der Waals surface area contributed by atoms with Crippen LogP contribution < -0.4 is 19.5 Å². The van der Waals surface area contributed by atoms with Gasteiger partial charge in [0.1, 0.15) is 5.69 Å². The van der Waals surface area contributed by atoms with E-state index in [1.165, 1.54) is 19.1 Å². The summed E-state index contributed by atoms with van der Waals surface area (Å²) in [5, 5.41) is 2.39. The number of carbonyl (C=O) groups excluding carboxylic acids is 3. The van der Waals surface area contributed by atoms with Crippen LogP contribution in [0.25, 0.3) is 0 Å². The number of esters is 2. The van der Waals surface area contributed by atoms with E-state index >= 15 is 0 Å². The van der Waals surface area contributed by atoms with E-state index in [9.17, 15) is 23.2 Å². The van der Waals surface area contributed by atoms with E-state index in [1.807, 2.05) is 6.92 Å². The van der Waals surface area contributed by atoms with Crippen LogP contribution in [0.1, 0.15) is 53.4 Å². The summed E-state index contributed by atoms with van der Waals surface area (Å²) in [7, 11) is 0. The van der Waals surface area contributed by atoms with Crippen molar-refractivity contribution in [3.05, 3.63) is 12.1 Å². The minimum Gasteiger partial charge on any atom is -0.480 e. The third-order valence-electron chi connectivity index (χ3n) is 3.54. The first-order valence-electron chi connectivity index (χ1n) is 8.91. The highest BCUT2D eigenvalue weighted by molar-refractivity contribution is 5.95. The van der Waals surface area contributed by atoms with Crippen LogP contribution in [0.3, 0.4) is 0 Å². The van der Waals surface area contributed by atoms with Gasteiger partial charge in [-0.25, -0.2) is 8.78 Å². The van der Waals surface area contributed by atoms with Crippen molar-refractivity contribution in [2.75, 3.05) is 5.32 Å². The van der Waals surface area contributed by atoms with Crippen molar-refractivity contribution < 1.29 is 37.4 Å². The molecule has 0 bridgehead atoms. The smallest absolute Gasteiger partial charge is 0.308 e. The zero-order valence-corrected chi connectivity index (χ0v) is 16.3. The lowest BCUT2D eigenvalue weighted by atomic mass is 10.1. The average molecular weight is 401 g/mol. The molecule has 0 fully saturated rings. The van der Waals surface area contributed by atoms with Gasteiger partial charge < -0.3 is 19.5 Å². The summed E-state index contributed by atoms with van der Waals surface area (Å²) in [5.74, 6) is -2.58. The highest BCUT2D eigenvalue weighted by Gasteiger charge is 2.27. The lowest BCUT2D eigenvalue weighted by molar-refractivity contribution is -0.132. The van der Waals surface area contributed by atoms with Crippen molar-refractivity contribution in [3.63, 3.8) is 0 Å². The fraction of sp³-hybridized carbons (Fsp3) is 0.526. The van der Waals surface area contributed by atoms with Crippen LogP contribution in [0.5, 0.6) is 17.2 Å². The van der Waals surface area contributed by atoms with E-state index in [4.69, 9.17) is 14.2 Å². The third-order valence-corrected chi connectivity index (χ3v) is 3.54. The van der Waals surface area contributed by atoms with Gasteiger partial charge in [0.2, 0.25) is 5.91 Å². The summed E-state index contributed by atoms with van der Waals surface area (Å²) >= 11 is 0. The minimum atomic E-state index is -2.76. The number of ether oxygens (including phenoxy) is 3. The van der Waals surface area contributed by atoms with Gasteiger partial charge in [0.05, 0.1) is 0 Å². The standard InChI is InChI=1S/C19H25F2NO6/c1-5-6-7-8-16(19(20)21)28-15-10-9-14(26-12(3)24)17(22-11(2)23)18(15)27-13(4)25/h9-10,16,19H,5-8H2,1-4H3,(H,22,23). The maximum atomic E-state index is 13.4. The van der Waals surface area contributed by atoms with Gasteiger partial charge in [-0.3, -0.25) is 14.4 Å². The summed E-state index contributed by atoms with van der Waals surface area (Å²) in [6.07, 6.45) is -1.92. The molecule has 0 heterocycles. The summed E-state index contributed by atoms with van der Waals surface area (Å²) in [6.45, 7) is 5.39. The van der Waals surface area contributed by atoms with E-state index in [-0.39, 0.29) is 29.4 Å². The monoisotopic (exact) mass is 401 g/mol. The predicted octanol–water partition coefficient (Wildman–Crippen LogP) is 4.09. The number of nitrogens with one attached hydrogen (secondary N) is 1. The molecule has 1 unspecified atom stereocenters. The highest BCUT2D eigenvalue weighted by Crippen LogP contribution is 2.43. The highest BCUT2D eigenvalue weighted by atomic mass is 19.3. The van der Waals surface area contributed by atoms with Crippen molar-refractivity contribution in [2.24, 2.45) is 0 Å². The first-order valence-corrected chi connectivity index (χ1v) is 8.91. The number of alkyl halides is 2. The van der Waals surface area contributed by atoms with Crippen LogP contribution in [-0.4, -0.2) is 30.4 Å². The Labute approximate surface area is 162 Å². The Morgan fingerprint density at radius 3 is 2.11 bits per heavy atom. The van der Waals surface area contributed by atoms with E-state index in [2.05, 4.69) is 5.32 Å².